The van der Waals surface area contributed by atoms with E-state index in [0.29, 0.717) is 0 Å². The summed E-state index contributed by atoms with van der Waals surface area (Å²) in [5.41, 5.74) is 0.770. The summed E-state index contributed by atoms with van der Waals surface area (Å²) in [6.45, 7) is -0.00340. The molecule has 1 N–H and O–H groups in total. The van der Waals surface area contributed by atoms with Crippen molar-refractivity contribution in [3.63, 3.8) is 0 Å². The number of benzene rings is 1. The van der Waals surface area contributed by atoms with E-state index in [1.54, 1.807) is 36.4 Å². The number of carbonyl (C=O) groups is 1. The van der Waals surface area contributed by atoms with Crippen LogP contribution in [0.3, 0.4) is 0 Å². The number of nitrogens with one attached hydrogen (secondary N) is 1. The summed E-state index contributed by atoms with van der Waals surface area (Å²) in [4.78, 5) is 13.6. The molecule has 0 spiro atoms. The second kappa shape index (κ2) is 7.30. The molecule has 124 valence electrons. The zero-order chi connectivity index (χ0) is 16.9. The zero-order valence-electron chi connectivity index (χ0n) is 12.9. The predicted molar refractivity (Wildman–Crippen MR) is 86.3 cm³/mol. The number of hydrogen-bond acceptors (Lipinski definition) is 5. The van der Waals surface area contributed by atoms with Gasteiger partial charge in [0.1, 0.15) is 6.61 Å². The summed E-state index contributed by atoms with van der Waals surface area (Å²) in [5.74, 6) is 0. The molecule has 1 aromatic rings. The normalized spacial score (nSPS) is 15.0. The van der Waals surface area contributed by atoms with E-state index in [2.05, 4.69) is 0 Å². The molecule has 1 aliphatic rings. The minimum absolute atomic E-state index is 0.00340. The van der Waals surface area contributed by atoms with Crippen molar-refractivity contribution >= 4 is 16.3 Å². The van der Waals surface area contributed by atoms with Crippen molar-refractivity contribution in [1.29, 1.82) is 0 Å². The van der Waals surface area contributed by atoms with Crippen molar-refractivity contribution in [2.45, 2.75) is 12.6 Å². The lowest BCUT2D eigenvalue weighted by molar-refractivity contribution is 0.145. The number of carbonyl (C=O) groups excluding carboxylic acids is 1. The third kappa shape index (κ3) is 4.83. The Morgan fingerprint density at radius 3 is 2.39 bits per heavy atom. The molecule has 1 heterocycles. The van der Waals surface area contributed by atoms with Gasteiger partial charge in [-0.05, 0) is 31.8 Å². The molecule has 0 saturated heterocycles. The zero-order valence-corrected chi connectivity index (χ0v) is 13.7. The fraction of sp³-hybridized carbons (Fsp3) is 0.267. The van der Waals surface area contributed by atoms with Crippen molar-refractivity contribution in [3.8, 4) is 0 Å². The number of amides is 1. The van der Waals surface area contributed by atoms with Crippen LogP contribution in [0.5, 0.6) is 0 Å². The van der Waals surface area contributed by atoms with Gasteiger partial charge in [0.15, 0.2) is 0 Å². The Balaban J connectivity index is 1.90. The molecule has 0 fully saturated rings. The summed E-state index contributed by atoms with van der Waals surface area (Å²) in [7, 11) is -0.264. The standard InChI is InChI=1S/C15H19N3O4S/c1-17(2)14-8-10-18(11-9-14)23(20,21)16-15(19)22-12-13-6-4-3-5-7-13/h3-11,14H,12H2,1-2H3,(H,16,19). The molecule has 0 atom stereocenters. The average molecular weight is 337 g/mol. The minimum Gasteiger partial charge on any atom is -0.444 e. The second-order valence-electron chi connectivity index (χ2n) is 5.14. The predicted octanol–water partition coefficient (Wildman–Crippen LogP) is 1.43. The van der Waals surface area contributed by atoms with E-state index in [9.17, 15) is 13.2 Å². The molecular weight excluding hydrogens is 318 g/mol. The first-order chi connectivity index (χ1) is 10.9. The highest BCUT2D eigenvalue weighted by Gasteiger charge is 2.23. The lowest BCUT2D eigenvalue weighted by Crippen LogP contribution is -2.40. The fourth-order valence-electron chi connectivity index (χ4n) is 1.87. The monoisotopic (exact) mass is 337 g/mol. The van der Waals surface area contributed by atoms with Crippen LogP contribution in [0, 0.1) is 0 Å². The van der Waals surface area contributed by atoms with Gasteiger partial charge in [-0.1, -0.05) is 30.3 Å². The highest BCUT2D eigenvalue weighted by Crippen LogP contribution is 2.11. The van der Waals surface area contributed by atoms with Crippen LogP contribution in [-0.2, 0) is 21.6 Å². The Labute approximate surface area is 136 Å². The highest BCUT2D eigenvalue weighted by molar-refractivity contribution is 7.87. The molecule has 23 heavy (non-hydrogen) atoms. The Kier molecular flexibility index (Phi) is 5.41. The fourth-order valence-corrected chi connectivity index (χ4v) is 2.71. The van der Waals surface area contributed by atoms with Crippen molar-refractivity contribution in [3.05, 3.63) is 60.4 Å². The number of likely N-dealkylation sites (N-methyl/N-ethyl adjacent to an activating group) is 1. The van der Waals surface area contributed by atoms with Crippen LogP contribution >= 0.6 is 0 Å². The molecule has 0 unspecified atom stereocenters. The molecule has 1 amide bonds. The number of ether oxygens (including phenoxy) is 1. The van der Waals surface area contributed by atoms with Gasteiger partial charge >= 0.3 is 16.3 Å². The maximum Gasteiger partial charge on any atom is 0.422 e. The van der Waals surface area contributed by atoms with Gasteiger partial charge in [0.2, 0.25) is 0 Å². The quantitative estimate of drug-likeness (QED) is 0.879. The van der Waals surface area contributed by atoms with Gasteiger partial charge in [-0.3, -0.25) is 4.90 Å². The Morgan fingerprint density at radius 1 is 1.22 bits per heavy atom. The summed E-state index contributed by atoms with van der Waals surface area (Å²) < 4.78 is 31.9. The summed E-state index contributed by atoms with van der Waals surface area (Å²) in [5, 5.41) is 0. The minimum atomic E-state index is -4.02. The largest absolute Gasteiger partial charge is 0.444 e. The Hall–Kier alpha value is -2.32. The van der Waals surface area contributed by atoms with Gasteiger partial charge in [-0.15, -0.1) is 0 Å². The van der Waals surface area contributed by atoms with Crippen molar-refractivity contribution in [2.24, 2.45) is 0 Å². The molecule has 2 rings (SSSR count). The smallest absolute Gasteiger partial charge is 0.422 e. The van der Waals surface area contributed by atoms with E-state index in [-0.39, 0.29) is 12.6 Å². The van der Waals surface area contributed by atoms with Gasteiger partial charge in [0.05, 0.1) is 0 Å². The molecule has 0 bridgehead atoms. The molecule has 0 aromatic heterocycles. The van der Waals surface area contributed by atoms with Crippen LogP contribution < -0.4 is 4.72 Å². The van der Waals surface area contributed by atoms with Crippen LogP contribution in [0.1, 0.15) is 5.56 Å². The van der Waals surface area contributed by atoms with Crippen LogP contribution in [-0.4, -0.2) is 43.9 Å². The van der Waals surface area contributed by atoms with E-state index < -0.39 is 16.3 Å². The van der Waals surface area contributed by atoms with Crippen LogP contribution in [0.25, 0.3) is 0 Å². The van der Waals surface area contributed by atoms with E-state index in [0.717, 1.165) is 9.87 Å². The van der Waals surface area contributed by atoms with Crippen molar-refractivity contribution in [2.75, 3.05) is 14.1 Å². The summed E-state index contributed by atoms with van der Waals surface area (Å²) in [6, 6.07) is 9.00. The third-order valence-electron chi connectivity index (χ3n) is 3.16. The van der Waals surface area contributed by atoms with Gasteiger partial charge in [0.25, 0.3) is 0 Å². The lowest BCUT2D eigenvalue weighted by Gasteiger charge is -2.24. The Bertz CT molecular complexity index is 685. The van der Waals surface area contributed by atoms with Crippen molar-refractivity contribution < 1.29 is 17.9 Å². The highest BCUT2D eigenvalue weighted by atomic mass is 32.2. The molecule has 1 aromatic carbocycles. The first-order valence-corrected chi connectivity index (χ1v) is 8.37. The van der Waals surface area contributed by atoms with E-state index in [1.807, 2.05) is 29.8 Å². The molecular formula is C15H19N3O4S. The molecule has 1 aliphatic heterocycles. The van der Waals surface area contributed by atoms with E-state index in [4.69, 9.17) is 4.74 Å². The molecule has 8 heteroatoms. The summed E-state index contributed by atoms with van der Waals surface area (Å²) in [6.07, 6.45) is 5.16. The average Bonchev–Trinajstić information content (AvgIpc) is 2.53. The van der Waals surface area contributed by atoms with Crippen LogP contribution in [0.15, 0.2) is 54.9 Å². The number of hydrogen-bond donors (Lipinski definition) is 1. The molecule has 0 radical (unpaired) electrons. The van der Waals surface area contributed by atoms with Gasteiger partial charge in [-0.2, -0.15) is 8.42 Å². The maximum absolute atomic E-state index is 12.1. The van der Waals surface area contributed by atoms with Crippen LogP contribution in [0.2, 0.25) is 0 Å². The lowest BCUT2D eigenvalue weighted by atomic mass is 10.2. The van der Waals surface area contributed by atoms with E-state index >= 15 is 0 Å². The SMILES string of the molecule is CN(C)C1C=CN(S(=O)(=O)NC(=O)OCc2ccccc2)C=C1. The Morgan fingerprint density at radius 2 is 1.83 bits per heavy atom. The van der Waals surface area contributed by atoms with E-state index in [1.165, 1.54) is 12.4 Å². The molecule has 7 nitrogen and oxygen atoms in total. The topological polar surface area (TPSA) is 79.0 Å². The summed E-state index contributed by atoms with van der Waals surface area (Å²) >= 11 is 0. The molecule has 0 saturated carbocycles. The van der Waals surface area contributed by atoms with Gasteiger partial charge < -0.3 is 4.74 Å². The number of rotatable bonds is 5. The van der Waals surface area contributed by atoms with Gasteiger partial charge in [-0.25, -0.2) is 13.8 Å². The maximum atomic E-state index is 12.1. The van der Waals surface area contributed by atoms with Gasteiger partial charge in [0, 0.05) is 18.4 Å². The number of nitrogens with zero attached hydrogens (tertiary/aromatic N) is 2. The first kappa shape index (κ1) is 17.0. The second-order valence-corrected chi connectivity index (χ2v) is 6.71. The third-order valence-corrected chi connectivity index (χ3v) is 4.38. The first-order valence-electron chi connectivity index (χ1n) is 6.93. The van der Waals surface area contributed by atoms with Crippen molar-refractivity contribution in [1.82, 2.24) is 13.9 Å². The molecule has 0 aliphatic carbocycles. The van der Waals surface area contributed by atoms with Crippen LogP contribution in [0.4, 0.5) is 4.79 Å².